The van der Waals surface area contributed by atoms with E-state index >= 15 is 0 Å². The smallest absolute Gasteiger partial charge is 0.218 e. The summed E-state index contributed by atoms with van der Waals surface area (Å²) < 4.78 is 2.18. The van der Waals surface area contributed by atoms with E-state index in [1.165, 1.54) is 38.4 Å². The van der Waals surface area contributed by atoms with Gasteiger partial charge in [-0.05, 0) is 51.6 Å². The Balaban J connectivity index is 1.65. The summed E-state index contributed by atoms with van der Waals surface area (Å²) in [5.74, 6) is 0. The van der Waals surface area contributed by atoms with E-state index in [0.29, 0.717) is 0 Å². The number of pyridine rings is 2. The van der Waals surface area contributed by atoms with E-state index in [-0.39, 0.29) is 0 Å². The number of fused-ring (bicyclic) bond motifs is 2. The first kappa shape index (κ1) is 14.8. The van der Waals surface area contributed by atoms with Gasteiger partial charge in [-0.2, -0.15) is 4.57 Å². The van der Waals surface area contributed by atoms with Crippen LogP contribution in [-0.4, -0.2) is 4.98 Å². The lowest BCUT2D eigenvalue weighted by Gasteiger charge is -2.05. The van der Waals surface area contributed by atoms with Crippen LogP contribution in [0.15, 0.2) is 104 Å². The van der Waals surface area contributed by atoms with Crippen molar-refractivity contribution in [2.75, 3.05) is 0 Å². The second-order valence-corrected chi connectivity index (χ2v) is 6.43. The van der Waals surface area contributed by atoms with E-state index in [0.717, 1.165) is 0 Å². The van der Waals surface area contributed by atoms with Gasteiger partial charge in [-0.15, -0.1) is 0 Å². The molecule has 5 aromatic rings. The minimum absolute atomic E-state index is 1.18. The molecule has 0 saturated carbocycles. The van der Waals surface area contributed by atoms with Crippen LogP contribution in [0.5, 0.6) is 0 Å². The molecule has 2 heterocycles. The number of hydrogen-bond acceptors (Lipinski definition) is 1. The predicted molar refractivity (Wildman–Crippen MR) is 106 cm³/mol. The summed E-state index contributed by atoms with van der Waals surface area (Å²) >= 11 is 0. The fourth-order valence-corrected chi connectivity index (χ4v) is 3.50. The number of rotatable bonds is 2. The highest BCUT2D eigenvalue weighted by atomic mass is 14.9. The number of hydrogen-bond donors (Lipinski definition) is 0. The molecule has 2 nitrogen and oxygen atoms in total. The molecule has 0 amide bonds. The Morgan fingerprint density at radius 1 is 0.577 bits per heavy atom. The summed E-state index contributed by atoms with van der Waals surface area (Å²) in [5, 5.41) is 5.05. The van der Waals surface area contributed by atoms with Crippen LogP contribution in [0.2, 0.25) is 0 Å². The average Bonchev–Trinajstić information content (AvgIpc) is 2.72. The SMILES string of the molecule is c1ccc2cc3c(-[n+]4ccc(-c5ccncc5)cc4)cccc3cc2c1. The van der Waals surface area contributed by atoms with Crippen LogP contribution < -0.4 is 4.57 Å². The van der Waals surface area contributed by atoms with E-state index in [1.807, 2.05) is 24.5 Å². The summed E-state index contributed by atoms with van der Waals surface area (Å²) in [7, 11) is 0. The molecule has 122 valence electrons. The minimum Gasteiger partial charge on any atom is -0.265 e. The summed E-state index contributed by atoms with van der Waals surface area (Å²) in [6.07, 6.45) is 7.90. The molecule has 0 N–H and O–H groups in total. The Bertz CT molecular complexity index is 1210. The zero-order valence-corrected chi connectivity index (χ0v) is 14.2. The third kappa shape index (κ3) is 2.52. The first-order valence-electron chi connectivity index (χ1n) is 8.72. The van der Waals surface area contributed by atoms with Gasteiger partial charge in [0.2, 0.25) is 5.69 Å². The third-order valence-electron chi connectivity index (χ3n) is 4.84. The standard InChI is InChI=1S/C24H17N2/c1-2-5-21-17-23-22(16-20(21)4-1)6-3-7-24(23)26-14-10-19(11-15-26)18-8-12-25-13-9-18/h1-17H/q+1. The van der Waals surface area contributed by atoms with Gasteiger partial charge >= 0.3 is 0 Å². The minimum atomic E-state index is 1.18. The van der Waals surface area contributed by atoms with Gasteiger partial charge < -0.3 is 0 Å². The van der Waals surface area contributed by atoms with E-state index < -0.39 is 0 Å². The lowest BCUT2D eigenvalue weighted by molar-refractivity contribution is -0.594. The monoisotopic (exact) mass is 333 g/mol. The van der Waals surface area contributed by atoms with Crippen LogP contribution in [-0.2, 0) is 0 Å². The molecule has 0 fully saturated rings. The number of benzene rings is 3. The Hall–Kier alpha value is -3.52. The summed E-state index contributed by atoms with van der Waals surface area (Å²) in [4.78, 5) is 4.09. The quantitative estimate of drug-likeness (QED) is 0.315. The van der Waals surface area contributed by atoms with Crippen molar-refractivity contribution in [1.29, 1.82) is 0 Å². The van der Waals surface area contributed by atoms with Crippen molar-refractivity contribution < 1.29 is 4.57 Å². The van der Waals surface area contributed by atoms with Gasteiger partial charge in [0.1, 0.15) is 0 Å². The van der Waals surface area contributed by atoms with E-state index in [4.69, 9.17) is 0 Å². The van der Waals surface area contributed by atoms with Crippen molar-refractivity contribution in [3.05, 3.63) is 104 Å². The topological polar surface area (TPSA) is 16.8 Å². The van der Waals surface area contributed by atoms with Crippen molar-refractivity contribution >= 4 is 21.5 Å². The van der Waals surface area contributed by atoms with Crippen LogP contribution in [0.1, 0.15) is 0 Å². The molecular formula is C24H17N2+. The molecule has 2 heteroatoms. The molecule has 3 aromatic carbocycles. The predicted octanol–water partition coefficient (Wildman–Crippen LogP) is 5.33. The maximum absolute atomic E-state index is 4.09. The fraction of sp³-hybridized carbons (Fsp3) is 0. The summed E-state index contributed by atoms with van der Waals surface area (Å²) in [5.41, 5.74) is 3.56. The van der Waals surface area contributed by atoms with Crippen molar-refractivity contribution in [3.63, 3.8) is 0 Å². The maximum atomic E-state index is 4.09. The Morgan fingerprint density at radius 2 is 1.23 bits per heavy atom. The Morgan fingerprint density at radius 3 is 2.00 bits per heavy atom. The summed E-state index contributed by atoms with van der Waals surface area (Å²) in [6.45, 7) is 0. The van der Waals surface area contributed by atoms with Crippen LogP contribution in [0.4, 0.5) is 0 Å². The molecule has 2 aromatic heterocycles. The maximum Gasteiger partial charge on any atom is 0.218 e. The molecule has 0 atom stereocenters. The zero-order chi connectivity index (χ0) is 17.3. The second kappa shape index (κ2) is 6.08. The van der Waals surface area contributed by atoms with E-state index in [2.05, 4.69) is 88.7 Å². The molecule has 0 aliphatic heterocycles. The summed E-state index contributed by atoms with van der Waals surface area (Å²) in [6, 6.07) is 27.9. The first-order valence-corrected chi connectivity index (χ1v) is 8.72. The van der Waals surface area contributed by atoms with Crippen LogP contribution in [0.25, 0.3) is 38.4 Å². The molecule has 0 unspecified atom stereocenters. The normalized spacial score (nSPS) is 11.1. The zero-order valence-electron chi connectivity index (χ0n) is 14.2. The molecule has 0 aliphatic rings. The van der Waals surface area contributed by atoms with Gasteiger partial charge in [-0.1, -0.05) is 36.4 Å². The van der Waals surface area contributed by atoms with Gasteiger partial charge in [-0.3, -0.25) is 4.98 Å². The first-order chi connectivity index (χ1) is 12.9. The third-order valence-corrected chi connectivity index (χ3v) is 4.84. The molecule has 0 bridgehead atoms. The highest BCUT2D eigenvalue weighted by Gasteiger charge is 2.12. The fourth-order valence-electron chi connectivity index (χ4n) is 3.50. The van der Waals surface area contributed by atoms with E-state index in [9.17, 15) is 0 Å². The van der Waals surface area contributed by atoms with Crippen molar-refractivity contribution in [2.24, 2.45) is 0 Å². The Kier molecular flexibility index (Phi) is 3.46. The highest BCUT2D eigenvalue weighted by Crippen LogP contribution is 2.26. The van der Waals surface area contributed by atoms with Gasteiger partial charge in [0.25, 0.3) is 0 Å². The van der Waals surface area contributed by atoms with Crippen molar-refractivity contribution in [2.45, 2.75) is 0 Å². The molecular weight excluding hydrogens is 316 g/mol. The molecule has 0 radical (unpaired) electrons. The molecule has 0 saturated heterocycles. The lowest BCUT2D eigenvalue weighted by atomic mass is 10.0. The Labute approximate surface area is 152 Å². The van der Waals surface area contributed by atoms with Gasteiger partial charge in [0.15, 0.2) is 12.4 Å². The average molecular weight is 333 g/mol. The highest BCUT2D eigenvalue weighted by molar-refractivity contribution is 6.00. The largest absolute Gasteiger partial charge is 0.265 e. The van der Waals surface area contributed by atoms with Gasteiger partial charge in [0.05, 0.1) is 5.39 Å². The molecule has 5 rings (SSSR count). The number of aromatic nitrogens is 2. The van der Waals surface area contributed by atoms with Crippen LogP contribution in [0.3, 0.4) is 0 Å². The molecule has 0 spiro atoms. The van der Waals surface area contributed by atoms with Crippen molar-refractivity contribution in [3.8, 4) is 16.8 Å². The van der Waals surface area contributed by atoms with Crippen LogP contribution >= 0.6 is 0 Å². The second-order valence-electron chi connectivity index (χ2n) is 6.43. The van der Waals surface area contributed by atoms with Gasteiger partial charge in [-0.25, -0.2) is 0 Å². The van der Waals surface area contributed by atoms with Crippen LogP contribution in [0, 0.1) is 0 Å². The number of nitrogens with zero attached hydrogens (tertiary/aromatic N) is 2. The van der Waals surface area contributed by atoms with E-state index in [1.54, 1.807) is 0 Å². The molecule has 0 aliphatic carbocycles. The van der Waals surface area contributed by atoms with Crippen molar-refractivity contribution in [1.82, 2.24) is 4.98 Å². The lowest BCUT2D eigenvalue weighted by Crippen LogP contribution is -2.29. The molecule has 26 heavy (non-hydrogen) atoms. The van der Waals surface area contributed by atoms with Gasteiger partial charge in [0, 0.05) is 30.6 Å².